The van der Waals surface area contributed by atoms with E-state index >= 15 is 0 Å². The fraction of sp³-hybridized carbons (Fsp3) is 0.200. The summed E-state index contributed by atoms with van der Waals surface area (Å²) in [6.45, 7) is -0.0365. The molecule has 1 heterocycles. The molecule has 0 fully saturated rings. The van der Waals surface area contributed by atoms with Crippen LogP contribution < -0.4 is 10.1 Å². The molecule has 0 atom stereocenters. The number of ether oxygens (including phenoxy) is 1. The third-order valence-corrected chi connectivity index (χ3v) is 4.03. The molecule has 0 amide bonds. The van der Waals surface area contributed by atoms with Crippen molar-refractivity contribution >= 4 is 17.5 Å². The van der Waals surface area contributed by atoms with E-state index in [0.717, 1.165) is 18.2 Å². The molecule has 180 valence electrons. The summed E-state index contributed by atoms with van der Waals surface area (Å²) >= 11 is 0. The Morgan fingerprint density at radius 2 is 1.68 bits per heavy atom. The van der Waals surface area contributed by atoms with Gasteiger partial charge in [0.25, 0.3) is 0 Å². The molecule has 0 unspecified atom stereocenters. The Balaban J connectivity index is 1.63. The molecule has 3 rings (SSSR count). The van der Waals surface area contributed by atoms with Crippen molar-refractivity contribution in [1.29, 1.82) is 0 Å². The lowest BCUT2D eigenvalue weighted by atomic mass is 10.2. The molecule has 1 aromatic heterocycles. The van der Waals surface area contributed by atoms with E-state index in [1.54, 1.807) is 0 Å². The number of halogens is 8. The molecule has 2 aromatic carbocycles. The van der Waals surface area contributed by atoms with Crippen molar-refractivity contribution in [3.05, 3.63) is 71.7 Å². The van der Waals surface area contributed by atoms with Gasteiger partial charge in [-0.05, 0) is 35.9 Å². The van der Waals surface area contributed by atoms with Crippen molar-refractivity contribution in [2.45, 2.75) is 25.3 Å². The molecule has 0 bridgehead atoms. The zero-order valence-electron chi connectivity index (χ0n) is 16.7. The van der Waals surface area contributed by atoms with E-state index in [9.17, 15) is 35.1 Å². The van der Waals surface area contributed by atoms with Gasteiger partial charge in [-0.2, -0.15) is 40.8 Å². The van der Waals surface area contributed by atoms with Crippen molar-refractivity contribution < 1.29 is 39.9 Å². The molecule has 0 radical (unpaired) electrons. The van der Waals surface area contributed by atoms with Crippen molar-refractivity contribution in [2.75, 3.05) is 5.32 Å². The SMILES string of the molecule is Fc1ccc(Nc2nccc(N=NCc3ccc(OC(F)(F)C(F)F)cc3)n2)cc1C(F)(F)F. The van der Waals surface area contributed by atoms with E-state index in [2.05, 4.69) is 30.3 Å². The quantitative estimate of drug-likeness (QED) is 0.275. The Morgan fingerprint density at radius 1 is 0.971 bits per heavy atom. The molecule has 14 heteroatoms. The van der Waals surface area contributed by atoms with Gasteiger partial charge < -0.3 is 10.1 Å². The number of azo groups is 1. The van der Waals surface area contributed by atoms with Gasteiger partial charge in [0.2, 0.25) is 5.95 Å². The second kappa shape index (κ2) is 9.97. The molecule has 3 aromatic rings. The number of alkyl halides is 7. The molecule has 0 spiro atoms. The maximum Gasteiger partial charge on any atom is 0.461 e. The number of nitrogens with one attached hydrogen (secondary N) is 1. The van der Waals surface area contributed by atoms with Crippen LogP contribution in [0, 0.1) is 5.82 Å². The number of hydrogen-bond acceptors (Lipinski definition) is 6. The monoisotopic (exact) mass is 491 g/mol. The minimum atomic E-state index is -4.88. The summed E-state index contributed by atoms with van der Waals surface area (Å²) in [7, 11) is 0. The second-order valence-corrected chi connectivity index (χ2v) is 6.56. The van der Waals surface area contributed by atoms with E-state index in [-0.39, 0.29) is 24.0 Å². The highest BCUT2D eigenvalue weighted by Crippen LogP contribution is 2.33. The Hall–Kier alpha value is -3.84. The third kappa shape index (κ3) is 6.59. The van der Waals surface area contributed by atoms with Gasteiger partial charge in [0, 0.05) is 18.0 Å². The smallest absolute Gasteiger partial charge is 0.428 e. The number of hydrogen-bond donors (Lipinski definition) is 1. The van der Waals surface area contributed by atoms with E-state index in [1.165, 1.54) is 24.4 Å². The lowest BCUT2D eigenvalue weighted by Crippen LogP contribution is -2.33. The van der Waals surface area contributed by atoms with Crippen LogP contribution in [0.3, 0.4) is 0 Å². The first-order valence-corrected chi connectivity index (χ1v) is 9.22. The first-order valence-electron chi connectivity index (χ1n) is 9.22. The number of aromatic nitrogens is 2. The Morgan fingerprint density at radius 3 is 2.32 bits per heavy atom. The zero-order valence-corrected chi connectivity index (χ0v) is 16.7. The van der Waals surface area contributed by atoms with E-state index in [0.29, 0.717) is 17.7 Å². The summed E-state index contributed by atoms with van der Waals surface area (Å²) in [4.78, 5) is 7.79. The minimum absolute atomic E-state index is 0.0344. The van der Waals surface area contributed by atoms with Gasteiger partial charge >= 0.3 is 18.7 Å². The number of rotatable bonds is 8. The lowest BCUT2D eigenvalue weighted by molar-refractivity contribution is -0.253. The Kier molecular flexibility index (Phi) is 7.27. The lowest BCUT2D eigenvalue weighted by Gasteiger charge is -2.16. The van der Waals surface area contributed by atoms with Crippen LogP contribution >= 0.6 is 0 Å². The van der Waals surface area contributed by atoms with Crippen LogP contribution in [0.25, 0.3) is 0 Å². The highest BCUT2D eigenvalue weighted by molar-refractivity contribution is 5.55. The standard InChI is InChI=1S/C20H13F8N5O/c21-15-6-3-12(9-14(15)19(24,25)26)31-18-29-8-7-16(32-18)33-30-10-11-1-4-13(5-2-11)34-20(27,28)17(22)23/h1-9,17H,10H2,(H,29,31,32). The summed E-state index contributed by atoms with van der Waals surface area (Å²) in [5, 5.41) is 10.2. The van der Waals surface area contributed by atoms with Gasteiger partial charge in [-0.1, -0.05) is 12.1 Å². The average Bonchev–Trinajstić information content (AvgIpc) is 2.75. The van der Waals surface area contributed by atoms with Crippen LogP contribution in [0.15, 0.2) is 65.0 Å². The number of benzene rings is 2. The zero-order chi connectivity index (χ0) is 24.9. The maximum absolute atomic E-state index is 13.4. The van der Waals surface area contributed by atoms with Crippen LogP contribution in [0.4, 0.5) is 52.6 Å². The second-order valence-electron chi connectivity index (χ2n) is 6.56. The van der Waals surface area contributed by atoms with E-state index in [4.69, 9.17) is 0 Å². The summed E-state index contributed by atoms with van der Waals surface area (Å²) < 4.78 is 106. The fourth-order valence-corrected chi connectivity index (χ4v) is 2.47. The summed E-state index contributed by atoms with van der Waals surface area (Å²) in [5.41, 5.74) is -1.08. The van der Waals surface area contributed by atoms with Crippen LogP contribution in [0.2, 0.25) is 0 Å². The Labute approximate surface area is 186 Å². The van der Waals surface area contributed by atoms with Crippen molar-refractivity contribution in [1.82, 2.24) is 9.97 Å². The first-order chi connectivity index (χ1) is 15.9. The molecule has 0 saturated heterocycles. The first kappa shape index (κ1) is 24.8. The predicted molar refractivity (Wildman–Crippen MR) is 103 cm³/mol. The van der Waals surface area contributed by atoms with Crippen LogP contribution in [-0.4, -0.2) is 22.5 Å². The van der Waals surface area contributed by atoms with Crippen molar-refractivity contribution in [3.8, 4) is 5.75 Å². The van der Waals surface area contributed by atoms with Crippen LogP contribution in [-0.2, 0) is 12.7 Å². The van der Waals surface area contributed by atoms with Crippen molar-refractivity contribution in [3.63, 3.8) is 0 Å². The van der Waals surface area contributed by atoms with Gasteiger partial charge in [0.15, 0.2) is 5.82 Å². The van der Waals surface area contributed by atoms with E-state index in [1.807, 2.05) is 0 Å². The number of nitrogens with zero attached hydrogens (tertiary/aromatic N) is 4. The minimum Gasteiger partial charge on any atom is -0.428 e. The molecule has 0 aliphatic heterocycles. The average molecular weight is 491 g/mol. The molecule has 6 nitrogen and oxygen atoms in total. The highest BCUT2D eigenvalue weighted by atomic mass is 19.4. The summed E-state index contributed by atoms with van der Waals surface area (Å²) in [6.07, 6.45) is -12.2. The van der Waals surface area contributed by atoms with Gasteiger partial charge in [-0.3, -0.25) is 0 Å². The highest BCUT2D eigenvalue weighted by Gasteiger charge is 2.43. The molecule has 1 N–H and O–H groups in total. The van der Waals surface area contributed by atoms with Gasteiger partial charge in [0.05, 0.1) is 12.1 Å². The van der Waals surface area contributed by atoms with Gasteiger partial charge in [-0.15, -0.1) is 5.11 Å². The van der Waals surface area contributed by atoms with Crippen LogP contribution in [0.5, 0.6) is 5.75 Å². The fourth-order valence-electron chi connectivity index (χ4n) is 2.47. The molecule has 0 saturated carbocycles. The van der Waals surface area contributed by atoms with Gasteiger partial charge in [0.1, 0.15) is 11.6 Å². The molecular formula is C20H13F8N5O. The molecule has 0 aliphatic carbocycles. The molecule has 0 aliphatic rings. The topological polar surface area (TPSA) is 71.8 Å². The largest absolute Gasteiger partial charge is 0.461 e. The molecular weight excluding hydrogens is 478 g/mol. The van der Waals surface area contributed by atoms with Crippen LogP contribution in [0.1, 0.15) is 11.1 Å². The summed E-state index contributed by atoms with van der Waals surface area (Å²) in [5.74, 6) is -1.99. The number of anilines is 2. The van der Waals surface area contributed by atoms with E-state index < -0.39 is 35.8 Å². The predicted octanol–water partition coefficient (Wildman–Crippen LogP) is 6.90. The normalized spacial score (nSPS) is 12.4. The van der Waals surface area contributed by atoms with Gasteiger partial charge in [-0.25, -0.2) is 9.37 Å². The maximum atomic E-state index is 13.4. The molecule has 34 heavy (non-hydrogen) atoms. The third-order valence-electron chi connectivity index (χ3n) is 4.03. The van der Waals surface area contributed by atoms with Crippen molar-refractivity contribution in [2.24, 2.45) is 10.2 Å². The summed E-state index contributed by atoms with van der Waals surface area (Å²) in [6, 6.07) is 8.40. The Bertz CT molecular complexity index is 1150.